The van der Waals surface area contributed by atoms with E-state index in [-0.39, 0.29) is 0 Å². The highest BCUT2D eigenvalue weighted by atomic mass is 35.5. The van der Waals surface area contributed by atoms with E-state index in [0.717, 1.165) is 22.8 Å². The van der Waals surface area contributed by atoms with Gasteiger partial charge in [0.1, 0.15) is 4.33 Å². The van der Waals surface area contributed by atoms with Gasteiger partial charge in [-0.1, -0.05) is 12.1 Å². The van der Waals surface area contributed by atoms with Gasteiger partial charge in [-0.2, -0.15) is 0 Å². The molecule has 1 atom stereocenters. The normalized spacial score (nSPS) is 23.4. The van der Waals surface area contributed by atoms with Crippen LogP contribution in [0, 0.1) is 5.92 Å². The molecule has 0 aromatic heterocycles. The number of alkyl halides is 2. The number of rotatable bonds is 3. The Hall–Kier alpha value is -0.0500. The second-order valence-electron chi connectivity index (χ2n) is 3.51. The van der Waals surface area contributed by atoms with E-state index in [9.17, 15) is 0 Å². The third-order valence-electron chi connectivity index (χ3n) is 2.31. The lowest BCUT2D eigenvalue weighted by Gasteiger charge is -2.04. The summed E-state index contributed by atoms with van der Waals surface area (Å²) in [4.78, 5) is 1.11. The van der Waals surface area contributed by atoms with Crippen molar-refractivity contribution in [2.75, 3.05) is 11.5 Å². The zero-order chi connectivity index (χ0) is 10.2. The Balaban J connectivity index is 1.90. The van der Waals surface area contributed by atoms with Gasteiger partial charge >= 0.3 is 0 Å². The van der Waals surface area contributed by atoms with Gasteiger partial charge in [-0.25, -0.2) is 0 Å². The first kappa shape index (κ1) is 10.5. The van der Waals surface area contributed by atoms with Crippen LogP contribution in [0.2, 0.25) is 0 Å². The number of nitrogen functional groups attached to an aromatic ring is 1. The Bertz CT molecular complexity index is 341. The number of benzene rings is 1. The molecule has 14 heavy (non-hydrogen) atoms. The fraction of sp³-hybridized carbons (Fsp3) is 0.400. The second kappa shape index (κ2) is 3.84. The molecular formula is C10H11Cl2NS. The maximum atomic E-state index is 5.93. The molecule has 0 aliphatic heterocycles. The molecule has 0 radical (unpaired) electrons. The molecule has 0 heterocycles. The topological polar surface area (TPSA) is 26.0 Å². The summed E-state index contributed by atoms with van der Waals surface area (Å²) in [5.74, 6) is 1.36. The molecule has 1 aromatic carbocycles. The summed E-state index contributed by atoms with van der Waals surface area (Å²) in [5, 5.41) is 0. The van der Waals surface area contributed by atoms with Gasteiger partial charge in [-0.05, 0) is 18.6 Å². The largest absolute Gasteiger partial charge is 0.398 e. The predicted octanol–water partition coefficient (Wildman–Crippen LogP) is 3.55. The summed E-state index contributed by atoms with van der Waals surface area (Å²) in [6, 6.07) is 7.85. The molecule has 0 amide bonds. The number of hydrogen-bond donors (Lipinski definition) is 1. The molecule has 1 unspecified atom stereocenters. The van der Waals surface area contributed by atoms with Crippen molar-refractivity contribution < 1.29 is 0 Å². The standard InChI is InChI=1S/C10H11Cl2NS/c11-10(12)5-7(10)6-14-9-4-2-1-3-8(9)13/h1-4,7H,5-6,13H2. The van der Waals surface area contributed by atoms with Gasteiger partial charge in [0.25, 0.3) is 0 Å². The lowest BCUT2D eigenvalue weighted by molar-refractivity contribution is 0.979. The molecule has 2 rings (SSSR count). The fourth-order valence-electron chi connectivity index (χ4n) is 1.25. The van der Waals surface area contributed by atoms with Crippen molar-refractivity contribution in [3.05, 3.63) is 24.3 Å². The molecular weight excluding hydrogens is 237 g/mol. The molecule has 1 aliphatic rings. The monoisotopic (exact) mass is 247 g/mol. The Morgan fingerprint density at radius 3 is 2.64 bits per heavy atom. The van der Waals surface area contributed by atoms with Crippen LogP contribution in [0.5, 0.6) is 0 Å². The van der Waals surface area contributed by atoms with Gasteiger partial charge in [-0.3, -0.25) is 0 Å². The van der Waals surface area contributed by atoms with Crippen LogP contribution < -0.4 is 5.73 Å². The second-order valence-corrected chi connectivity index (χ2v) is 6.12. The Labute approximate surface area is 98.0 Å². The number of thioether (sulfide) groups is 1. The summed E-state index contributed by atoms with van der Waals surface area (Å²) in [5.41, 5.74) is 6.63. The van der Waals surface area contributed by atoms with E-state index in [1.165, 1.54) is 0 Å². The number of nitrogens with two attached hydrogens (primary N) is 1. The number of para-hydroxylation sites is 1. The molecule has 4 heteroatoms. The first-order chi connectivity index (χ1) is 6.59. The molecule has 1 aromatic rings. The quantitative estimate of drug-likeness (QED) is 0.503. The Morgan fingerprint density at radius 2 is 2.07 bits per heavy atom. The Morgan fingerprint density at radius 1 is 1.43 bits per heavy atom. The molecule has 1 saturated carbocycles. The zero-order valence-corrected chi connectivity index (χ0v) is 9.87. The molecule has 2 N–H and O–H groups in total. The zero-order valence-electron chi connectivity index (χ0n) is 7.54. The lowest BCUT2D eigenvalue weighted by Crippen LogP contribution is -1.94. The minimum absolute atomic E-state index is 0.412. The van der Waals surface area contributed by atoms with Crippen LogP contribution in [0.1, 0.15) is 6.42 Å². The van der Waals surface area contributed by atoms with E-state index in [1.807, 2.05) is 24.3 Å². The van der Waals surface area contributed by atoms with Gasteiger partial charge in [0, 0.05) is 22.3 Å². The summed E-state index contributed by atoms with van der Waals surface area (Å²) in [6.45, 7) is 0. The molecule has 76 valence electrons. The maximum absolute atomic E-state index is 5.93. The van der Waals surface area contributed by atoms with E-state index in [4.69, 9.17) is 28.9 Å². The van der Waals surface area contributed by atoms with E-state index < -0.39 is 4.33 Å². The third-order valence-corrected chi connectivity index (χ3v) is 4.49. The number of anilines is 1. The van der Waals surface area contributed by atoms with Crippen molar-refractivity contribution in [2.45, 2.75) is 15.6 Å². The van der Waals surface area contributed by atoms with Crippen molar-refractivity contribution >= 4 is 40.7 Å². The minimum atomic E-state index is -0.476. The molecule has 0 spiro atoms. The Kier molecular flexibility index (Phi) is 2.87. The fourth-order valence-corrected chi connectivity index (χ4v) is 3.16. The molecule has 1 nitrogen and oxygen atoms in total. The highest BCUT2D eigenvalue weighted by Gasteiger charge is 2.51. The average Bonchev–Trinajstić information content (AvgIpc) is 2.73. The average molecular weight is 248 g/mol. The molecule has 1 fully saturated rings. The van der Waals surface area contributed by atoms with E-state index in [2.05, 4.69) is 0 Å². The smallest absolute Gasteiger partial charge is 0.122 e. The summed E-state index contributed by atoms with van der Waals surface area (Å²) >= 11 is 13.6. The first-order valence-electron chi connectivity index (χ1n) is 4.45. The van der Waals surface area contributed by atoms with Gasteiger partial charge in [0.05, 0.1) is 0 Å². The van der Waals surface area contributed by atoms with Gasteiger partial charge in [0.2, 0.25) is 0 Å². The number of halogens is 2. The first-order valence-corrected chi connectivity index (χ1v) is 6.19. The predicted molar refractivity (Wildman–Crippen MR) is 64.1 cm³/mol. The van der Waals surface area contributed by atoms with Crippen molar-refractivity contribution in [2.24, 2.45) is 5.92 Å². The maximum Gasteiger partial charge on any atom is 0.122 e. The van der Waals surface area contributed by atoms with Gasteiger partial charge in [0.15, 0.2) is 0 Å². The van der Waals surface area contributed by atoms with Crippen LogP contribution in [-0.4, -0.2) is 10.1 Å². The van der Waals surface area contributed by atoms with Crippen LogP contribution in [-0.2, 0) is 0 Å². The highest BCUT2D eigenvalue weighted by Crippen LogP contribution is 2.55. The summed E-state index contributed by atoms with van der Waals surface area (Å²) in [6.07, 6.45) is 0.899. The van der Waals surface area contributed by atoms with Gasteiger partial charge < -0.3 is 5.73 Å². The van der Waals surface area contributed by atoms with Crippen LogP contribution in [0.4, 0.5) is 5.69 Å². The van der Waals surface area contributed by atoms with Crippen molar-refractivity contribution in [1.82, 2.24) is 0 Å². The minimum Gasteiger partial charge on any atom is -0.398 e. The van der Waals surface area contributed by atoms with Gasteiger partial charge in [-0.15, -0.1) is 35.0 Å². The van der Waals surface area contributed by atoms with Crippen molar-refractivity contribution in [3.63, 3.8) is 0 Å². The van der Waals surface area contributed by atoms with Crippen molar-refractivity contribution in [1.29, 1.82) is 0 Å². The van der Waals surface area contributed by atoms with E-state index in [1.54, 1.807) is 11.8 Å². The van der Waals surface area contributed by atoms with Crippen LogP contribution in [0.15, 0.2) is 29.2 Å². The van der Waals surface area contributed by atoms with Crippen LogP contribution in [0.25, 0.3) is 0 Å². The third kappa shape index (κ3) is 2.30. The van der Waals surface area contributed by atoms with E-state index in [0.29, 0.717) is 5.92 Å². The molecule has 0 saturated heterocycles. The SMILES string of the molecule is Nc1ccccc1SCC1CC1(Cl)Cl. The molecule has 1 aliphatic carbocycles. The summed E-state index contributed by atoms with van der Waals surface area (Å²) in [7, 11) is 0. The number of hydrogen-bond acceptors (Lipinski definition) is 2. The lowest BCUT2D eigenvalue weighted by atomic mass is 10.3. The van der Waals surface area contributed by atoms with Crippen molar-refractivity contribution in [3.8, 4) is 0 Å². The molecule has 0 bridgehead atoms. The highest BCUT2D eigenvalue weighted by molar-refractivity contribution is 7.99. The van der Waals surface area contributed by atoms with E-state index >= 15 is 0 Å². The van der Waals surface area contributed by atoms with Crippen LogP contribution in [0.3, 0.4) is 0 Å². The van der Waals surface area contributed by atoms with Crippen LogP contribution >= 0.6 is 35.0 Å². The summed E-state index contributed by atoms with van der Waals surface area (Å²) < 4.78 is -0.476.